The van der Waals surface area contributed by atoms with Gasteiger partial charge in [0.2, 0.25) is 0 Å². The smallest absolute Gasteiger partial charge is 0.0193 e. The van der Waals surface area contributed by atoms with Crippen molar-refractivity contribution in [3.05, 3.63) is 0 Å². The first kappa shape index (κ1) is 10.0. The Hall–Kier alpha value is -0.0800. The molecule has 12 heavy (non-hydrogen) atoms. The zero-order valence-electron chi connectivity index (χ0n) is 8.34. The topological polar surface area (TPSA) is 38.0 Å². The normalized spacial score (nSPS) is 36.8. The molecule has 1 rings (SSSR count). The maximum Gasteiger partial charge on any atom is 0.0193 e. The van der Waals surface area contributed by atoms with E-state index in [1.807, 2.05) is 0 Å². The van der Waals surface area contributed by atoms with Crippen LogP contribution in [0.5, 0.6) is 0 Å². The minimum atomic E-state index is 0.378. The van der Waals surface area contributed by atoms with E-state index in [-0.39, 0.29) is 0 Å². The highest BCUT2D eigenvalue weighted by Gasteiger charge is 2.22. The van der Waals surface area contributed by atoms with E-state index in [0.29, 0.717) is 12.1 Å². The summed E-state index contributed by atoms with van der Waals surface area (Å²) >= 11 is 0. The molecular formula is C10H22N2. The largest absolute Gasteiger partial charge is 0.326 e. The average Bonchev–Trinajstić information content (AvgIpc) is 2.07. The van der Waals surface area contributed by atoms with E-state index in [9.17, 15) is 0 Å². The van der Waals surface area contributed by atoms with Crippen molar-refractivity contribution in [2.75, 3.05) is 0 Å². The van der Waals surface area contributed by atoms with Gasteiger partial charge in [0, 0.05) is 18.1 Å². The fourth-order valence-electron chi connectivity index (χ4n) is 1.90. The monoisotopic (exact) mass is 170 g/mol. The quantitative estimate of drug-likeness (QED) is 0.676. The van der Waals surface area contributed by atoms with Crippen LogP contribution in [0, 0.1) is 0 Å². The lowest BCUT2D eigenvalue weighted by molar-refractivity contribution is 0.285. The van der Waals surface area contributed by atoms with Gasteiger partial charge in [-0.1, -0.05) is 19.8 Å². The third-order valence-electron chi connectivity index (χ3n) is 2.90. The molecule has 0 saturated carbocycles. The lowest BCUT2D eigenvalue weighted by Crippen LogP contribution is -2.52. The molecule has 3 N–H and O–H groups in total. The van der Waals surface area contributed by atoms with E-state index in [2.05, 4.69) is 19.2 Å². The predicted octanol–water partition coefficient (Wildman–Crippen LogP) is 1.64. The Balaban J connectivity index is 2.21. The summed E-state index contributed by atoms with van der Waals surface area (Å²) in [5.74, 6) is 0. The summed E-state index contributed by atoms with van der Waals surface area (Å²) in [7, 11) is 0. The van der Waals surface area contributed by atoms with Crippen molar-refractivity contribution in [3.8, 4) is 0 Å². The van der Waals surface area contributed by atoms with Gasteiger partial charge in [-0.05, 0) is 26.2 Å². The molecular weight excluding hydrogens is 148 g/mol. The Bertz CT molecular complexity index is 123. The van der Waals surface area contributed by atoms with Gasteiger partial charge in [-0.25, -0.2) is 0 Å². The van der Waals surface area contributed by atoms with Crippen LogP contribution in [0.2, 0.25) is 0 Å². The van der Waals surface area contributed by atoms with Crippen LogP contribution in [-0.2, 0) is 0 Å². The van der Waals surface area contributed by atoms with E-state index in [1.54, 1.807) is 0 Å². The summed E-state index contributed by atoms with van der Waals surface area (Å²) in [5.41, 5.74) is 5.91. The SMILES string of the molecule is CCCCC1CCC(N)C(C)N1. The van der Waals surface area contributed by atoms with Crippen LogP contribution in [0.1, 0.15) is 46.0 Å². The van der Waals surface area contributed by atoms with Crippen molar-refractivity contribution in [1.29, 1.82) is 0 Å². The molecule has 1 aliphatic heterocycles. The summed E-state index contributed by atoms with van der Waals surface area (Å²) in [5, 5.41) is 3.58. The molecule has 0 spiro atoms. The fourth-order valence-corrected chi connectivity index (χ4v) is 1.90. The van der Waals surface area contributed by atoms with E-state index in [4.69, 9.17) is 5.73 Å². The van der Waals surface area contributed by atoms with Crippen LogP contribution in [-0.4, -0.2) is 18.1 Å². The molecule has 0 amide bonds. The maximum atomic E-state index is 5.91. The van der Waals surface area contributed by atoms with Crippen molar-refractivity contribution in [2.24, 2.45) is 5.73 Å². The summed E-state index contributed by atoms with van der Waals surface area (Å²) in [6, 6.07) is 1.63. The standard InChI is InChI=1S/C10H22N2/c1-3-4-5-9-6-7-10(11)8(2)12-9/h8-10,12H,3-7,11H2,1-2H3. The van der Waals surface area contributed by atoms with Crippen LogP contribution in [0.25, 0.3) is 0 Å². The number of unbranched alkanes of at least 4 members (excludes halogenated alkanes) is 1. The Kier molecular flexibility index (Phi) is 4.02. The third-order valence-corrected chi connectivity index (χ3v) is 2.90. The van der Waals surface area contributed by atoms with Crippen LogP contribution in [0.4, 0.5) is 0 Å². The van der Waals surface area contributed by atoms with Crippen LogP contribution in [0.15, 0.2) is 0 Å². The second-order valence-electron chi connectivity index (χ2n) is 4.04. The number of nitrogens with two attached hydrogens (primary N) is 1. The van der Waals surface area contributed by atoms with Crippen LogP contribution >= 0.6 is 0 Å². The summed E-state index contributed by atoms with van der Waals surface area (Å²) in [4.78, 5) is 0. The molecule has 0 aromatic carbocycles. The van der Waals surface area contributed by atoms with E-state index >= 15 is 0 Å². The van der Waals surface area contributed by atoms with Gasteiger partial charge in [0.1, 0.15) is 0 Å². The number of hydrogen-bond acceptors (Lipinski definition) is 2. The van der Waals surface area contributed by atoms with E-state index in [1.165, 1.54) is 32.1 Å². The second-order valence-corrected chi connectivity index (χ2v) is 4.04. The van der Waals surface area contributed by atoms with Gasteiger partial charge in [0.25, 0.3) is 0 Å². The molecule has 1 aliphatic rings. The molecule has 0 aromatic rings. The minimum Gasteiger partial charge on any atom is -0.326 e. The van der Waals surface area contributed by atoms with Gasteiger partial charge in [0.05, 0.1) is 0 Å². The minimum absolute atomic E-state index is 0.378. The number of rotatable bonds is 3. The van der Waals surface area contributed by atoms with Crippen LogP contribution in [0.3, 0.4) is 0 Å². The van der Waals surface area contributed by atoms with Crippen molar-refractivity contribution >= 4 is 0 Å². The second kappa shape index (κ2) is 4.83. The fraction of sp³-hybridized carbons (Fsp3) is 1.00. The predicted molar refractivity (Wildman–Crippen MR) is 53.1 cm³/mol. The number of nitrogens with one attached hydrogen (secondary N) is 1. The first-order valence-corrected chi connectivity index (χ1v) is 5.25. The van der Waals surface area contributed by atoms with Crippen LogP contribution < -0.4 is 11.1 Å². The zero-order chi connectivity index (χ0) is 8.97. The molecule has 3 unspecified atom stereocenters. The highest BCUT2D eigenvalue weighted by atomic mass is 15.0. The molecule has 0 aromatic heterocycles. The Morgan fingerprint density at radius 2 is 2.17 bits per heavy atom. The first-order chi connectivity index (χ1) is 5.74. The van der Waals surface area contributed by atoms with Crippen molar-refractivity contribution in [2.45, 2.75) is 64.1 Å². The van der Waals surface area contributed by atoms with Gasteiger partial charge in [-0.3, -0.25) is 0 Å². The highest BCUT2D eigenvalue weighted by molar-refractivity contribution is 4.86. The highest BCUT2D eigenvalue weighted by Crippen LogP contribution is 2.15. The molecule has 72 valence electrons. The Labute approximate surface area is 75.9 Å². The third kappa shape index (κ3) is 2.76. The van der Waals surface area contributed by atoms with E-state index < -0.39 is 0 Å². The zero-order valence-corrected chi connectivity index (χ0v) is 8.34. The van der Waals surface area contributed by atoms with Crippen molar-refractivity contribution < 1.29 is 0 Å². The Morgan fingerprint density at radius 1 is 1.42 bits per heavy atom. The summed E-state index contributed by atoms with van der Waals surface area (Å²) < 4.78 is 0. The van der Waals surface area contributed by atoms with E-state index in [0.717, 1.165) is 6.04 Å². The van der Waals surface area contributed by atoms with Gasteiger partial charge < -0.3 is 11.1 Å². The first-order valence-electron chi connectivity index (χ1n) is 5.25. The number of piperidine rings is 1. The van der Waals surface area contributed by atoms with Crippen molar-refractivity contribution in [1.82, 2.24) is 5.32 Å². The lowest BCUT2D eigenvalue weighted by atomic mass is 9.92. The van der Waals surface area contributed by atoms with Gasteiger partial charge >= 0.3 is 0 Å². The summed E-state index contributed by atoms with van der Waals surface area (Å²) in [6.07, 6.45) is 6.44. The molecule has 1 fully saturated rings. The molecule has 0 bridgehead atoms. The van der Waals surface area contributed by atoms with Crippen molar-refractivity contribution in [3.63, 3.8) is 0 Å². The molecule has 2 heteroatoms. The van der Waals surface area contributed by atoms with Gasteiger partial charge in [-0.15, -0.1) is 0 Å². The molecule has 0 radical (unpaired) electrons. The van der Waals surface area contributed by atoms with Gasteiger partial charge in [0.15, 0.2) is 0 Å². The summed E-state index contributed by atoms with van der Waals surface area (Å²) in [6.45, 7) is 4.45. The molecule has 1 heterocycles. The average molecular weight is 170 g/mol. The van der Waals surface area contributed by atoms with Gasteiger partial charge in [-0.2, -0.15) is 0 Å². The molecule has 3 atom stereocenters. The maximum absolute atomic E-state index is 5.91. The molecule has 0 aliphatic carbocycles. The lowest BCUT2D eigenvalue weighted by Gasteiger charge is -2.33. The molecule has 1 saturated heterocycles. The number of hydrogen-bond donors (Lipinski definition) is 2. The molecule has 2 nitrogen and oxygen atoms in total. The Morgan fingerprint density at radius 3 is 2.75 bits per heavy atom.